The van der Waals surface area contributed by atoms with E-state index in [0.29, 0.717) is 13.1 Å². The molecule has 0 saturated heterocycles. The summed E-state index contributed by atoms with van der Waals surface area (Å²) in [6, 6.07) is 2.38. The van der Waals surface area contributed by atoms with Crippen LogP contribution in [-0.4, -0.2) is 19.0 Å². The largest absolute Gasteiger partial charge is 0.352 e. The maximum Gasteiger partial charge on any atom is 0.234 e. The van der Waals surface area contributed by atoms with Crippen LogP contribution in [0.3, 0.4) is 0 Å². The molecule has 17 heavy (non-hydrogen) atoms. The Labute approximate surface area is 107 Å². The Morgan fingerprint density at radius 1 is 1.59 bits per heavy atom. The van der Waals surface area contributed by atoms with Crippen LogP contribution in [0.25, 0.3) is 0 Å². The molecule has 1 heterocycles. The molecule has 1 aromatic heterocycles. The Morgan fingerprint density at radius 2 is 2.29 bits per heavy atom. The predicted molar refractivity (Wildman–Crippen MR) is 73.4 cm³/mol. The Kier molecular flexibility index (Phi) is 5.38. The van der Waals surface area contributed by atoms with E-state index < -0.39 is 0 Å². The zero-order valence-corrected chi connectivity index (χ0v) is 11.5. The quantitative estimate of drug-likeness (QED) is 0.763. The summed E-state index contributed by atoms with van der Waals surface area (Å²) in [4.78, 5) is 14.0. The van der Waals surface area contributed by atoms with Gasteiger partial charge in [0.15, 0.2) is 0 Å². The topological polar surface area (TPSA) is 41.1 Å². The van der Waals surface area contributed by atoms with E-state index in [-0.39, 0.29) is 11.9 Å². The number of amides is 1. The van der Waals surface area contributed by atoms with Gasteiger partial charge >= 0.3 is 0 Å². The number of aryl methyl sites for hydroxylation is 2. The van der Waals surface area contributed by atoms with Crippen molar-refractivity contribution in [2.75, 3.05) is 13.1 Å². The van der Waals surface area contributed by atoms with Crippen LogP contribution in [0.2, 0.25) is 0 Å². The van der Waals surface area contributed by atoms with Crippen molar-refractivity contribution in [2.24, 2.45) is 0 Å². The van der Waals surface area contributed by atoms with Gasteiger partial charge in [-0.3, -0.25) is 4.79 Å². The third kappa shape index (κ3) is 4.32. The van der Waals surface area contributed by atoms with Gasteiger partial charge in [0.1, 0.15) is 0 Å². The summed E-state index contributed by atoms with van der Waals surface area (Å²) in [6.45, 7) is 10.7. The van der Waals surface area contributed by atoms with Crippen LogP contribution in [0.15, 0.2) is 18.7 Å². The van der Waals surface area contributed by atoms with Crippen molar-refractivity contribution in [3.63, 3.8) is 0 Å². The fourth-order valence-corrected chi connectivity index (χ4v) is 2.71. The van der Waals surface area contributed by atoms with Crippen molar-refractivity contribution < 1.29 is 4.79 Å². The Bertz CT molecular complexity index is 398. The van der Waals surface area contributed by atoms with Crippen LogP contribution < -0.4 is 10.6 Å². The molecule has 0 radical (unpaired) electrons. The number of carbonyl (C=O) groups is 1. The zero-order chi connectivity index (χ0) is 12.8. The van der Waals surface area contributed by atoms with E-state index in [1.165, 1.54) is 15.3 Å². The molecule has 2 N–H and O–H groups in total. The zero-order valence-electron chi connectivity index (χ0n) is 10.7. The minimum absolute atomic E-state index is 0.00125. The molecular weight excluding hydrogens is 232 g/mol. The summed E-state index contributed by atoms with van der Waals surface area (Å²) in [5.41, 5.74) is 1.28. The van der Waals surface area contributed by atoms with Crippen LogP contribution in [-0.2, 0) is 4.79 Å². The molecule has 0 fully saturated rings. The third-order valence-electron chi connectivity index (χ3n) is 2.56. The van der Waals surface area contributed by atoms with Crippen molar-refractivity contribution >= 4 is 17.2 Å². The average Bonchev–Trinajstić information content (AvgIpc) is 2.62. The summed E-state index contributed by atoms with van der Waals surface area (Å²) in [7, 11) is 0. The monoisotopic (exact) mass is 252 g/mol. The van der Waals surface area contributed by atoms with Gasteiger partial charge in [0.25, 0.3) is 0 Å². The van der Waals surface area contributed by atoms with Crippen molar-refractivity contribution in [2.45, 2.75) is 26.8 Å². The SMILES string of the molecule is C=CCNC(=O)CN[C@@H](C)c1cc(C)sc1C. The van der Waals surface area contributed by atoms with Gasteiger partial charge in [-0.25, -0.2) is 0 Å². The molecule has 1 atom stereocenters. The maximum absolute atomic E-state index is 11.4. The second kappa shape index (κ2) is 6.57. The van der Waals surface area contributed by atoms with Gasteiger partial charge in [-0.2, -0.15) is 0 Å². The van der Waals surface area contributed by atoms with Crippen LogP contribution >= 0.6 is 11.3 Å². The van der Waals surface area contributed by atoms with Gasteiger partial charge in [-0.05, 0) is 32.4 Å². The van der Waals surface area contributed by atoms with Crippen LogP contribution in [0.5, 0.6) is 0 Å². The molecular formula is C13H20N2OS. The van der Waals surface area contributed by atoms with E-state index in [1.807, 2.05) is 0 Å². The summed E-state index contributed by atoms with van der Waals surface area (Å²) in [5.74, 6) is 0.00125. The molecule has 0 aliphatic rings. The minimum Gasteiger partial charge on any atom is -0.352 e. The van der Waals surface area contributed by atoms with Crippen LogP contribution in [0.1, 0.15) is 28.3 Å². The predicted octanol–water partition coefficient (Wildman–Crippen LogP) is 2.32. The molecule has 4 heteroatoms. The average molecular weight is 252 g/mol. The van der Waals surface area contributed by atoms with Crippen LogP contribution in [0.4, 0.5) is 0 Å². The lowest BCUT2D eigenvalue weighted by atomic mass is 10.1. The molecule has 0 aliphatic heterocycles. The molecule has 0 saturated carbocycles. The van der Waals surface area contributed by atoms with Gasteiger partial charge in [0, 0.05) is 22.3 Å². The summed E-state index contributed by atoms with van der Waals surface area (Å²) < 4.78 is 0. The normalized spacial score (nSPS) is 12.2. The molecule has 0 bridgehead atoms. The number of hydrogen-bond donors (Lipinski definition) is 2. The second-order valence-corrected chi connectivity index (χ2v) is 5.52. The Morgan fingerprint density at radius 3 is 2.82 bits per heavy atom. The lowest BCUT2D eigenvalue weighted by Gasteiger charge is -2.13. The summed E-state index contributed by atoms with van der Waals surface area (Å²) >= 11 is 1.79. The van der Waals surface area contributed by atoms with Crippen molar-refractivity contribution in [1.82, 2.24) is 10.6 Å². The van der Waals surface area contributed by atoms with E-state index >= 15 is 0 Å². The van der Waals surface area contributed by atoms with E-state index in [2.05, 4.69) is 44.1 Å². The number of carbonyl (C=O) groups excluding carboxylic acids is 1. The van der Waals surface area contributed by atoms with Crippen LogP contribution in [0, 0.1) is 13.8 Å². The first-order valence-corrected chi connectivity index (χ1v) is 6.54. The number of thiophene rings is 1. The van der Waals surface area contributed by atoms with Crippen molar-refractivity contribution in [3.05, 3.63) is 34.0 Å². The first-order valence-electron chi connectivity index (χ1n) is 5.72. The lowest BCUT2D eigenvalue weighted by molar-refractivity contribution is -0.120. The molecule has 3 nitrogen and oxygen atoms in total. The maximum atomic E-state index is 11.4. The molecule has 94 valence electrons. The molecule has 1 rings (SSSR count). The molecule has 1 aromatic rings. The van der Waals surface area contributed by atoms with Gasteiger partial charge in [-0.1, -0.05) is 6.08 Å². The number of nitrogens with one attached hydrogen (secondary N) is 2. The van der Waals surface area contributed by atoms with Crippen molar-refractivity contribution in [3.8, 4) is 0 Å². The molecule has 0 aliphatic carbocycles. The van der Waals surface area contributed by atoms with Gasteiger partial charge in [0.05, 0.1) is 6.54 Å². The molecule has 1 amide bonds. The van der Waals surface area contributed by atoms with Gasteiger partial charge < -0.3 is 10.6 Å². The highest BCUT2D eigenvalue weighted by atomic mass is 32.1. The summed E-state index contributed by atoms with van der Waals surface area (Å²) in [6.07, 6.45) is 1.67. The van der Waals surface area contributed by atoms with E-state index in [1.54, 1.807) is 17.4 Å². The van der Waals surface area contributed by atoms with Crippen molar-refractivity contribution in [1.29, 1.82) is 0 Å². The van der Waals surface area contributed by atoms with E-state index in [0.717, 1.165) is 0 Å². The second-order valence-electron chi connectivity index (χ2n) is 4.06. The fourth-order valence-electron chi connectivity index (χ4n) is 1.68. The lowest BCUT2D eigenvalue weighted by Crippen LogP contribution is -2.35. The van der Waals surface area contributed by atoms with Gasteiger partial charge in [-0.15, -0.1) is 17.9 Å². The number of hydrogen-bond acceptors (Lipinski definition) is 3. The highest BCUT2D eigenvalue weighted by Gasteiger charge is 2.11. The summed E-state index contributed by atoms with van der Waals surface area (Å²) in [5, 5.41) is 5.96. The molecule has 0 aromatic carbocycles. The van der Waals surface area contributed by atoms with E-state index in [9.17, 15) is 4.79 Å². The standard InChI is InChI=1S/C13H20N2OS/c1-5-6-14-13(16)8-15-10(3)12-7-9(2)17-11(12)4/h5,7,10,15H,1,6,8H2,2-4H3,(H,14,16)/t10-/m0/s1. The fraction of sp³-hybridized carbons (Fsp3) is 0.462. The van der Waals surface area contributed by atoms with E-state index in [4.69, 9.17) is 0 Å². The molecule has 0 spiro atoms. The van der Waals surface area contributed by atoms with Gasteiger partial charge in [0.2, 0.25) is 5.91 Å². The minimum atomic E-state index is 0.00125. The third-order valence-corrected chi connectivity index (χ3v) is 3.54. The Balaban J connectivity index is 2.44. The Hall–Kier alpha value is -1.13. The molecule has 0 unspecified atom stereocenters. The smallest absolute Gasteiger partial charge is 0.234 e. The highest BCUT2D eigenvalue weighted by Crippen LogP contribution is 2.25. The highest BCUT2D eigenvalue weighted by molar-refractivity contribution is 7.12. The first kappa shape index (κ1) is 13.9. The first-order chi connectivity index (χ1) is 8.04. The number of rotatable bonds is 6.